The molecule has 0 aliphatic carbocycles. The van der Waals surface area contributed by atoms with E-state index in [-0.39, 0.29) is 12.2 Å². The first-order chi connectivity index (χ1) is 9.46. The highest BCUT2D eigenvalue weighted by Crippen LogP contribution is 2.31. The third-order valence-corrected chi connectivity index (χ3v) is 3.82. The fraction of sp³-hybridized carbons (Fsp3) is 0.200. The number of hydrogen-bond acceptors (Lipinski definition) is 2. The van der Waals surface area contributed by atoms with Crippen molar-refractivity contribution in [1.82, 2.24) is 0 Å². The smallest absolute Gasteiger partial charge is 0.129 e. The number of aliphatic hydroxyl groups excluding tert-OH is 1. The van der Waals surface area contributed by atoms with Gasteiger partial charge in [-0.25, -0.2) is 8.78 Å². The summed E-state index contributed by atoms with van der Waals surface area (Å²) in [4.78, 5) is 0. The van der Waals surface area contributed by atoms with E-state index in [2.05, 4.69) is 21.2 Å². The zero-order chi connectivity index (χ0) is 14.8. The number of nitrogens with one attached hydrogen (secondary N) is 1. The molecule has 0 amide bonds. The van der Waals surface area contributed by atoms with Crippen LogP contribution in [0.25, 0.3) is 0 Å². The molecule has 0 aliphatic rings. The lowest BCUT2D eigenvalue weighted by atomic mass is 9.91. The van der Waals surface area contributed by atoms with Gasteiger partial charge in [0.25, 0.3) is 0 Å². The first-order valence-corrected chi connectivity index (χ1v) is 6.85. The van der Waals surface area contributed by atoms with Gasteiger partial charge >= 0.3 is 0 Å². The van der Waals surface area contributed by atoms with E-state index in [1.807, 2.05) is 18.2 Å². The topological polar surface area (TPSA) is 32.3 Å². The van der Waals surface area contributed by atoms with Gasteiger partial charge in [-0.3, -0.25) is 0 Å². The van der Waals surface area contributed by atoms with Crippen molar-refractivity contribution in [2.24, 2.45) is 0 Å². The Bertz CT molecular complexity index is 621. The molecule has 2 aromatic rings. The molecule has 0 bridgehead atoms. The number of halogens is 3. The van der Waals surface area contributed by atoms with Gasteiger partial charge in [-0.2, -0.15) is 0 Å². The number of benzene rings is 2. The molecular weight excluding hydrogens is 328 g/mol. The Balaban J connectivity index is 2.43. The van der Waals surface area contributed by atoms with E-state index in [0.717, 1.165) is 22.7 Å². The van der Waals surface area contributed by atoms with Gasteiger partial charge in [0.2, 0.25) is 0 Å². The van der Waals surface area contributed by atoms with Gasteiger partial charge in [-0.05, 0) is 53.2 Å². The van der Waals surface area contributed by atoms with Crippen LogP contribution >= 0.6 is 15.9 Å². The highest BCUT2D eigenvalue weighted by molar-refractivity contribution is 9.10. The molecule has 2 aromatic carbocycles. The molecule has 0 radical (unpaired) electrons. The van der Waals surface area contributed by atoms with Crippen LogP contribution in [0.4, 0.5) is 14.5 Å². The number of rotatable bonds is 4. The van der Waals surface area contributed by atoms with Crippen LogP contribution in [0.15, 0.2) is 46.9 Å². The maximum Gasteiger partial charge on any atom is 0.129 e. The van der Waals surface area contributed by atoms with E-state index >= 15 is 0 Å². The van der Waals surface area contributed by atoms with Gasteiger partial charge in [-0.1, -0.05) is 12.1 Å². The molecule has 1 unspecified atom stereocenters. The molecule has 5 heteroatoms. The van der Waals surface area contributed by atoms with Gasteiger partial charge < -0.3 is 10.4 Å². The highest BCUT2D eigenvalue weighted by atomic mass is 79.9. The molecule has 0 spiro atoms. The minimum atomic E-state index is -1.13. The number of hydrogen-bond donors (Lipinski definition) is 2. The summed E-state index contributed by atoms with van der Waals surface area (Å²) in [6, 6.07) is 10.5. The standard InChI is InChI=1S/C15H14BrF2NO/c1-15(9-20,11-8-10(17)6-7-13(11)18)19-14-5-3-2-4-12(14)16/h2-8,19-20H,9H2,1H3. The van der Waals surface area contributed by atoms with Gasteiger partial charge in [0, 0.05) is 15.7 Å². The molecule has 0 saturated heterocycles. The molecule has 0 saturated carbocycles. The van der Waals surface area contributed by atoms with Gasteiger partial charge in [0.1, 0.15) is 11.6 Å². The zero-order valence-electron chi connectivity index (χ0n) is 10.8. The second-order valence-corrected chi connectivity index (χ2v) is 5.57. The van der Waals surface area contributed by atoms with Crippen molar-refractivity contribution in [1.29, 1.82) is 0 Å². The average molecular weight is 342 g/mol. The van der Waals surface area contributed by atoms with Gasteiger partial charge in [-0.15, -0.1) is 0 Å². The summed E-state index contributed by atoms with van der Waals surface area (Å²) in [7, 11) is 0. The van der Waals surface area contributed by atoms with Crippen molar-refractivity contribution in [2.45, 2.75) is 12.5 Å². The third-order valence-electron chi connectivity index (χ3n) is 3.12. The van der Waals surface area contributed by atoms with Crippen LogP contribution in [0.5, 0.6) is 0 Å². The lowest BCUT2D eigenvalue weighted by molar-refractivity contribution is 0.220. The summed E-state index contributed by atoms with van der Waals surface area (Å²) < 4.78 is 28.0. The van der Waals surface area contributed by atoms with Crippen molar-refractivity contribution in [3.63, 3.8) is 0 Å². The Morgan fingerprint density at radius 2 is 1.90 bits per heavy atom. The normalized spacial score (nSPS) is 13.8. The van der Waals surface area contributed by atoms with Crippen LogP contribution in [-0.2, 0) is 5.54 Å². The Morgan fingerprint density at radius 1 is 1.20 bits per heavy atom. The van der Waals surface area contributed by atoms with E-state index in [0.29, 0.717) is 5.69 Å². The molecule has 0 aromatic heterocycles. The summed E-state index contributed by atoms with van der Waals surface area (Å²) in [6.07, 6.45) is 0. The lowest BCUT2D eigenvalue weighted by Crippen LogP contribution is -2.37. The van der Waals surface area contributed by atoms with Crippen LogP contribution in [0.1, 0.15) is 12.5 Å². The van der Waals surface area contributed by atoms with E-state index < -0.39 is 17.2 Å². The Morgan fingerprint density at radius 3 is 2.55 bits per heavy atom. The molecule has 0 heterocycles. The summed E-state index contributed by atoms with van der Waals surface area (Å²) in [5.41, 5.74) is -0.362. The summed E-state index contributed by atoms with van der Waals surface area (Å²) in [5.74, 6) is -1.11. The quantitative estimate of drug-likeness (QED) is 0.879. The minimum absolute atomic E-state index is 0.0794. The fourth-order valence-corrected chi connectivity index (χ4v) is 2.36. The summed E-state index contributed by atoms with van der Waals surface area (Å²) in [5, 5.41) is 12.7. The maximum absolute atomic E-state index is 13.9. The van der Waals surface area contributed by atoms with Crippen molar-refractivity contribution < 1.29 is 13.9 Å². The first-order valence-electron chi connectivity index (χ1n) is 6.05. The molecule has 106 valence electrons. The van der Waals surface area contributed by atoms with E-state index in [4.69, 9.17) is 0 Å². The van der Waals surface area contributed by atoms with Crippen LogP contribution < -0.4 is 5.32 Å². The Labute approximate surface area is 124 Å². The largest absolute Gasteiger partial charge is 0.394 e. The van der Waals surface area contributed by atoms with E-state index in [1.54, 1.807) is 13.0 Å². The molecular formula is C15H14BrF2NO. The molecule has 20 heavy (non-hydrogen) atoms. The van der Waals surface area contributed by atoms with Gasteiger partial charge in [0.15, 0.2) is 0 Å². The SMILES string of the molecule is CC(CO)(Nc1ccccc1Br)c1cc(F)ccc1F. The number of para-hydroxylation sites is 1. The first kappa shape index (κ1) is 14.9. The van der Waals surface area contributed by atoms with Crippen molar-refractivity contribution in [2.75, 3.05) is 11.9 Å². The predicted molar refractivity (Wildman–Crippen MR) is 78.6 cm³/mol. The molecule has 2 N–H and O–H groups in total. The highest BCUT2D eigenvalue weighted by Gasteiger charge is 2.29. The summed E-state index contributed by atoms with van der Waals surface area (Å²) in [6.45, 7) is 1.24. The number of anilines is 1. The summed E-state index contributed by atoms with van der Waals surface area (Å²) >= 11 is 3.37. The second-order valence-electron chi connectivity index (χ2n) is 4.72. The predicted octanol–water partition coefficient (Wildman–Crippen LogP) is 4.05. The Hall–Kier alpha value is -1.46. The number of aliphatic hydroxyl groups is 1. The average Bonchev–Trinajstić information content (AvgIpc) is 2.44. The van der Waals surface area contributed by atoms with Gasteiger partial charge in [0.05, 0.1) is 12.1 Å². The minimum Gasteiger partial charge on any atom is -0.394 e. The molecule has 1 atom stereocenters. The fourth-order valence-electron chi connectivity index (χ4n) is 1.97. The van der Waals surface area contributed by atoms with Crippen molar-refractivity contribution in [3.05, 3.63) is 64.1 Å². The van der Waals surface area contributed by atoms with E-state index in [1.165, 1.54) is 0 Å². The second kappa shape index (κ2) is 5.89. The zero-order valence-corrected chi connectivity index (χ0v) is 12.4. The van der Waals surface area contributed by atoms with Crippen LogP contribution in [0.3, 0.4) is 0 Å². The monoisotopic (exact) mass is 341 g/mol. The van der Waals surface area contributed by atoms with Crippen molar-refractivity contribution >= 4 is 21.6 Å². The molecule has 2 nitrogen and oxygen atoms in total. The van der Waals surface area contributed by atoms with Crippen LogP contribution in [0, 0.1) is 11.6 Å². The van der Waals surface area contributed by atoms with Crippen LogP contribution in [0.2, 0.25) is 0 Å². The molecule has 0 fully saturated rings. The molecule has 2 rings (SSSR count). The Kier molecular flexibility index (Phi) is 4.40. The molecule has 0 aliphatic heterocycles. The van der Waals surface area contributed by atoms with Crippen LogP contribution in [-0.4, -0.2) is 11.7 Å². The maximum atomic E-state index is 13.9. The van der Waals surface area contributed by atoms with E-state index in [9.17, 15) is 13.9 Å². The van der Waals surface area contributed by atoms with Crippen molar-refractivity contribution in [3.8, 4) is 0 Å². The third kappa shape index (κ3) is 2.99. The lowest BCUT2D eigenvalue weighted by Gasteiger charge is -2.31.